The van der Waals surface area contributed by atoms with Crippen molar-refractivity contribution in [1.82, 2.24) is 4.31 Å². The van der Waals surface area contributed by atoms with E-state index in [4.69, 9.17) is 17.3 Å². The smallest absolute Gasteiger partial charge is 0.246 e. The van der Waals surface area contributed by atoms with Gasteiger partial charge in [-0.15, -0.1) is 0 Å². The second-order valence-electron chi connectivity index (χ2n) is 5.34. The summed E-state index contributed by atoms with van der Waals surface area (Å²) in [5.74, 6) is -0.250. The molecular formula is C14H20ClFN2O2S. The van der Waals surface area contributed by atoms with E-state index < -0.39 is 15.8 Å². The number of piperidine rings is 1. The summed E-state index contributed by atoms with van der Waals surface area (Å²) in [5.41, 5.74) is 5.55. The van der Waals surface area contributed by atoms with Crippen LogP contribution < -0.4 is 5.73 Å². The Labute approximate surface area is 130 Å². The van der Waals surface area contributed by atoms with Crippen LogP contribution in [0.25, 0.3) is 0 Å². The average molecular weight is 335 g/mol. The Morgan fingerprint density at radius 1 is 1.38 bits per heavy atom. The highest BCUT2D eigenvalue weighted by molar-refractivity contribution is 7.89. The maximum Gasteiger partial charge on any atom is 0.246 e. The molecule has 7 heteroatoms. The second kappa shape index (κ2) is 6.60. The number of halogens is 2. The van der Waals surface area contributed by atoms with Crippen molar-refractivity contribution in [3.8, 4) is 0 Å². The zero-order valence-corrected chi connectivity index (χ0v) is 13.6. The molecule has 1 aliphatic heterocycles. The van der Waals surface area contributed by atoms with Crippen molar-refractivity contribution in [3.63, 3.8) is 0 Å². The molecule has 2 N–H and O–H groups in total. The Morgan fingerprint density at radius 2 is 2.00 bits per heavy atom. The van der Waals surface area contributed by atoms with Crippen LogP contribution in [0.3, 0.4) is 0 Å². The van der Waals surface area contributed by atoms with E-state index in [9.17, 15) is 12.8 Å². The third-order valence-electron chi connectivity index (χ3n) is 4.07. The fourth-order valence-electron chi connectivity index (χ4n) is 2.65. The number of hydrogen-bond donors (Lipinski definition) is 1. The summed E-state index contributed by atoms with van der Waals surface area (Å²) in [6, 6.07) is 2.52. The molecule has 0 atom stereocenters. The standard InChI is InChI=1S/C14H20ClFN2O2S/c1-2-10-3-5-18(6-4-10)21(19,20)13-8-12(15)7-11(9-17)14(13)16/h7-8,10H,2-6,9,17H2,1H3. The Hall–Kier alpha value is -0.690. The van der Waals surface area contributed by atoms with E-state index in [0.717, 1.165) is 25.3 Å². The Balaban J connectivity index is 2.34. The van der Waals surface area contributed by atoms with E-state index >= 15 is 0 Å². The van der Waals surface area contributed by atoms with Crippen LogP contribution in [-0.4, -0.2) is 25.8 Å². The lowest BCUT2D eigenvalue weighted by molar-refractivity contribution is 0.268. The van der Waals surface area contributed by atoms with Gasteiger partial charge < -0.3 is 5.73 Å². The fourth-order valence-corrected chi connectivity index (χ4v) is 4.56. The van der Waals surface area contributed by atoms with Gasteiger partial charge in [-0.3, -0.25) is 0 Å². The minimum Gasteiger partial charge on any atom is -0.326 e. The third kappa shape index (κ3) is 3.39. The molecule has 0 aromatic heterocycles. The first kappa shape index (κ1) is 16.7. The molecule has 0 spiro atoms. The van der Waals surface area contributed by atoms with Gasteiger partial charge in [0.15, 0.2) is 0 Å². The molecule has 0 bridgehead atoms. The topological polar surface area (TPSA) is 63.4 Å². The minimum atomic E-state index is -3.86. The molecule has 0 aliphatic carbocycles. The van der Waals surface area contributed by atoms with Crippen molar-refractivity contribution in [1.29, 1.82) is 0 Å². The van der Waals surface area contributed by atoms with Crippen LogP contribution in [-0.2, 0) is 16.6 Å². The molecule has 1 heterocycles. The summed E-state index contributed by atoms with van der Waals surface area (Å²) in [5, 5.41) is 0.180. The van der Waals surface area contributed by atoms with E-state index in [1.807, 2.05) is 0 Å². The molecule has 0 radical (unpaired) electrons. The van der Waals surface area contributed by atoms with Gasteiger partial charge in [0.05, 0.1) is 0 Å². The van der Waals surface area contributed by atoms with Gasteiger partial charge in [0.1, 0.15) is 10.7 Å². The number of nitrogens with two attached hydrogens (primary N) is 1. The zero-order chi connectivity index (χ0) is 15.6. The van der Waals surface area contributed by atoms with E-state index in [1.54, 1.807) is 0 Å². The first-order valence-corrected chi connectivity index (χ1v) is 8.90. The molecule has 0 saturated carbocycles. The highest BCUT2D eigenvalue weighted by Gasteiger charge is 2.31. The predicted octanol–water partition coefficient (Wildman–Crippen LogP) is 2.75. The summed E-state index contributed by atoms with van der Waals surface area (Å²) in [4.78, 5) is -0.370. The van der Waals surface area contributed by atoms with Crippen LogP contribution in [0.2, 0.25) is 5.02 Å². The second-order valence-corrected chi connectivity index (χ2v) is 7.68. The normalized spacial score (nSPS) is 18.1. The Bertz CT molecular complexity index is 614. The first-order chi connectivity index (χ1) is 9.90. The summed E-state index contributed by atoms with van der Waals surface area (Å²) < 4.78 is 40.9. The predicted molar refractivity (Wildman–Crippen MR) is 81.1 cm³/mol. The Kier molecular flexibility index (Phi) is 5.24. The van der Waals surface area contributed by atoms with Crippen LogP contribution in [0.5, 0.6) is 0 Å². The number of hydrogen-bond acceptors (Lipinski definition) is 3. The van der Waals surface area contributed by atoms with Gasteiger partial charge >= 0.3 is 0 Å². The van der Waals surface area contributed by atoms with Crippen molar-refractivity contribution in [3.05, 3.63) is 28.5 Å². The molecule has 2 rings (SSSR count). The van der Waals surface area contributed by atoms with Gasteiger partial charge in [0, 0.05) is 30.2 Å². The molecule has 1 aliphatic rings. The summed E-state index contributed by atoms with van der Waals surface area (Å²) in [6.45, 7) is 2.85. The van der Waals surface area contributed by atoms with Gasteiger partial charge in [-0.2, -0.15) is 4.31 Å². The van der Waals surface area contributed by atoms with Crippen molar-refractivity contribution in [2.45, 2.75) is 37.6 Å². The van der Waals surface area contributed by atoms with Gasteiger partial charge in [0.2, 0.25) is 10.0 Å². The van der Waals surface area contributed by atoms with Crippen molar-refractivity contribution in [2.75, 3.05) is 13.1 Å². The quantitative estimate of drug-likeness (QED) is 0.920. The van der Waals surface area contributed by atoms with Crippen LogP contribution in [0.15, 0.2) is 17.0 Å². The maximum absolute atomic E-state index is 14.3. The lowest BCUT2D eigenvalue weighted by atomic mass is 9.96. The monoisotopic (exact) mass is 334 g/mol. The number of nitrogens with zero attached hydrogens (tertiary/aromatic N) is 1. The molecule has 118 valence electrons. The third-order valence-corrected chi connectivity index (χ3v) is 6.18. The minimum absolute atomic E-state index is 0.0905. The number of rotatable bonds is 4. The van der Waals surface area contributed by atoms with Crippen molar-refractivity contribution >= 4 is 21.6 Å². The van der Waals surface area contributed by atoms with Crippen LogP contribution in [0.1, 0.15) is 31.7 Å². The first-order valence-electron chi connectivity index (χ1n) is 7.08. The summed E-state index contributed by atoms with van der Waals surface area (Å²) in [7, 11) is -3.86. The highest BCUT2D eigenvalue weighted by Crippen LogP contribution is 2.29. The Morgan fingerprint density at radius 3 is 2.52 bits per heavy atom. The molecule has 0 unspecified atom stereocenters. The molecule has 1 fully saturated rings. The molecule has 1 aromatic rings. The molecule has 1 aromatic carbocycles. The molecule has 4 nitrogen and oxygen atoms in total. The average Bonchev–Trinajstić information content (AvgIpc) is 2.49. The van der Waals surface area contributed by atoms with Crippen LogP contribution >= 0.6 is 11.6 Å². The fraction of sp³-hybridized carbons (Fsp3) is 0.571. The summed E-state index contributed by atoms with van der Waals surface area (Å²) in [6.07, 6.45) is 2.65. The van der Waals surface area contributed by atoms with Crippen molar-refractivity contribution in [2.24, 2.45) is 11.7 Å². The van der Waals surface area contributed by atoms with Crippen LogP contribution in [0, 0.1) is 11.7 Å². The molecule has 21 heavy (non-hydrogen) atoms. The van der Waals surface area contributed by atoms with Gasteiger partial charge in [-0.1, -0.05) is 24.9 Å². The van der Waals surface area contributed by atoms with E-state index in [-0.39, 0.29) is 22.0 Å². The van der Waals surface area contributed by atoms with E-state index in [1.165, 1.54) is 10.4 Å². The largest absolute Gasteiger partial charge is 0.326 e. The maximum atomic E-state index is 14.3. The lowest BCUT2D eigenvalue weighted by Crippen LogP contribution is -2.38. The SMILES string of the molecule is CCC1CCN(S(=O)(=O)c2cc(Cl)cc(CN)c2F)CC1. The van der Waals surface area contributed by atoms with Gasteiger partial charge in [0.25, 0.3) is 0 Å². The van der Waals surface area contributed by atoms with Crippen molar-refractivity contribution < 1.29 is 12.8 Å². The molecule has 0 amide bonds. The van der Waals surface area contributed by atoms with Crippen LogP contribution in [0.4, 0.5) is 4.39 Å². The molecular weight excluding hydrogens is 315 g/mol. The molecule has 1 saturated heterocycles. The zero-order valence-electron chi connectivity index (χ0n) is 12.0. The number of sulfonamides is 1. The van der Waals surface area contributed by atoms with E-state index in [0.29, 0.717) is 19.0 Å². The van der Waals surface area contributed by atoms with Gasteiger partial charge in [-0.25, -0.2) is 12.8 Å². The van der Waals surface area contributed by atoms with Gasteiger partial charge in [-0.05, 0) is 30.9 Å². The number of benzene rings is 1. The highest BCUT2D eigenvalue weighted by atomic mass is 35.5. The van der Waals surface area contributed by atoms with E-state index in [2.05, 4.69) is 6.92 Å². The summed E-state index contributed by atoms with van der Waals surface area (Å²) >= 11 is 5.89. The lowest BCUT2D eigenvalue weighted by Gasteiger charge is -2.30.